The lowest BCUT2D eigenvalue weighted by Gasteiger charge is -2.05. The smallest absolute Gasteiger partial charge is 0.143 e. The molecular formula is C8H9N5O. The fraction of sp³-hybridized carbons (Fsp3) is 0.125. The molecule has 2 N–H and O–H groups in total. The number of rotatable bonds is 2. The van der Waals surface area contributed by atoms with Crippen LogP contribution in [-0.2, 0) is 0 Å². The molecule has 0 radical (unpaired) electrons. The van der Waals surface area contributed by atoms with Crippen LogP contribution in [0.2, 0.25) is 0 Å². The second kappa shape index (κ2) is 3.33. The van der Waals surface area contributed by atoms with Crippen LogP contribution in [-0.4, -0.2) is 27.3 Å². The zero-order valence-corrected chi connectivity index (χ0v) is 7.58. The first kappa shape index (κ1) is 8.49. The first-order valence-electron chi connectivity index (χ1n) is 3.98. The molecule has 0 aliphatic heterocycles. The maximum absolute atomic E-state index is 5.79. The largest absolute Gasteiger partial charge is 0.497 e. The third kappa shape index (κ3) is 1.37. The van der Waals surface area contributed by atoms with Crippen molar-refractivity contribution in [1.82, 2.24) is 20.2 Å². The number of tetrazole rings is 1. The molecule has 2 rings (SSSR count). The van der Waals surface area contributed by atoms with E-state index in [1.54, 1.807) is 25.3 Å². The molecule has 6 heteroatoms. The van der Waals surface area contributed by atoms with Gasteiger partial charge in [0, 0.05) is 6.07 Å². The highest BCUT2D eigenvalue weighted by Gasteiger charge is 2.03. The predicted octanol–water partition coefficient (Wildman–Crippen LogP) is 0.253. The number of aromatic nitrogens is 4. The van der Waals surface area contributed by atoms with Gasteiger partial charge in [0.25, 0.3) is 0 Å². The average molecular weight is 191 g/mol. The third-order valence-electron chi connectivity index (χ3n) is 1.83. The summed E-state index contributed by atoms with van der Waals surface area (Å²) in [7, 11) is 1.59. The van der Waals surface area contributed by atoms with Gasteiger partial charge in [0.2, 0.25) is 0 Å². The van der Waals surface area contributed by atoms with Gasteiger partial charge >= 0.3 is 0 Å². The number of nitrogen functional groups attached to an aromatic ring is 1. The van der Waals surface area contributed by atoms with Crippen molar-refractivity contribution in [3.05, 3.63) is 24.5 Å². The molecule has 72 valence electrons. The monoisotopic (exact) mass is 191 g/mol. The Bertz CT molecular complexity index is 425. The van der Waals surface area contributed by atoms with Gasteiger partial charge in [-0.1, -0.05) is 0 Å². The lowest BCUT2D eigenvalue weighted by molar-refractivity contribution is 0.415. The van der Waals surface area contributed by atoms with Gasteiger partial charge in [-0.15, -0.1) is 5.10 Å². The van der Waals surface area contributed by atoms with Crippen LogP contribution < -0.4 is 10.5 Å². The van der Waals surface area contributed by atoms with E-state index in [-0.39, 0.29) is 0 Å². The van der Waals surface area contributed by atoms with E-state index in [0.29, 0.717) is 11.4 Å². The summed E-state index contributed by atoms with van der Waals surface area (Å²) in [6.45, 7) is 0. The molecule has 0 amide bonds. The molecule has 0 saturated heterocycles. The fourth-order valence-corrected chi connectivity index (χ4v) is 1.14. The average Bonchev–Trinajstić information content (AvgIpc) is 2.70. The lowest BCUT2D eigenvalue weighted by atomic mass is 10.2. The molecule has 6 nitrogen and oxygen atoms in total. The van der Waals surface area contributed by atoms with Crippen LogP contribution >= 0.6 is 0 Å². The van der Waals surface area contributed by atoms with Crippen molar-refractivity contribution < 1.29 is 4.74 Å². The normalized spacial score (nSPS) is 10.1. The molecule has 0 fully saturated rings. The van der Waals surface area contributed by atoms with Crippen molar-refractivity contribution in [2.24, 2.45) is 0 Å². The number of nitrogens with two attached hydrogens (primary N) is 1. The van der Waals surface area contributed by atoms with E-state index >= 15 is 0 Å². The van der Waals surface area contributed by atoms with Crippen LogP contribution in [0.15, 0.2) is 24.5 Å². The van der Waals surface area contributed by atoms with Crippen molar-refractivity contribution in [1.29, 1.82) is 0 Å². The van der Waals surface area contributed by atoms with Crippen molar-refractivity contribution in [2.75, 3.05) is 12.8 Å². The summed E-state index contributed by atoms with van der Waals surface area (Å²) < 4.78 is 6.52. The molecule has 2 aromatic rings. The standard InChI is InChI=1S/C8H9N5O/c1-14-6-2-3-8(7(9)4-6)13-5-10-11-12-13/h2-5H,9H2,1H3. The quantitative estimate of drug-likeness (QED) is 0.688. The molecule has 14 heavy (non-hydrogen) atoms. The van der Waals surface area contributed by atoms with Gasteiger partial charge in [-0.25, -0.2) is 0 Å². The van der Waals surface area contributed by atoms with Gasteiger partial charge in [0.1, 0.15) is 12.1 Å². The third-order valence-corrected chi connectivity index (χ3v) is 1.83. The van der Waals surface area contributed by atoms with Crippen LogP contribution in [0.4, 0.5) is 5.69 Å². The summed E-state index contributed by atoms with van der Waals surface area (Å²) in [5, 5.41) is 10.8. The summed E-state index contributed by atoms with van der Waals surface area (Å²) in [4.78, 5) is 0. The number of methoxy groups -OCH3 is 1. The van der Waals surface area contributed by atoms with Crippen LogP contribution in [0, 0.1) is 0 Å². The summed E-state index contributed by atoms with van der Waals surface area (Å²) in [6.07, 6.45) is 1.48. The molecule has 1 aromatic heterocycles. The van der Waals surface area contributed by atoms with E-state index in [1.165, 1.54) is 11.0 Å². The minimum Gasteiger partial charge on any atom is -0.497 e. The Morgan fingerprint density at radius 2 is 2.29 bits per heavy atom. The van der Waals surface area contributed by atoms with Gasteiger partial charge in [0.05, 0.1) is 18.5 Å². The Kier molecular flexibility index (Phi) is 2.02. The number of ether oxygens (including phenoxy) is 1. The molecule has 0 unspecified atom stereocenters. The molecule has 0 aliphatic carbocycles. The summed E-state index contributed by atoms with van der Waals surface area (Å²) in [5.41, 5.74) is 7.09. The Balaban J connectivity index is 2.46. The zero-order valence-electron chi connectivity index (χ0n) is 7.58. The molecule has 0 spiro atoms. The Morgan fingerprint density at radius 1 is 1.43 bits per heavy atom. The highest BCUT2D eigenvalue weighted by Crippen LogP contribution is 2.21. The second-order valence-corrected chi connectivity index (χ2v) is 2.68. The summed E-state index contributed by atoms with van der Waals surface area (Å²) >= 11 is 0. The number of anilines is 1. The second-order valence-electron chi connectivity index (χ2n) is 2.68. The van der Waals surface area contributed by atoms with E-state index in [4.69, 9.17) is 10.5 Å². The topological polar surface area (TPSA) is 78.8 Å². The van der Waals surface area contributed by atoms with E-state index in [0.717, 1.165) is 5.69 Å². The Labute approximate surface area is 80.3 Å². The zero-order chi connectivity index (χ0) is 9.97. The molecule has 0 atom stereocenters. The number of nitrogens with zero attached hydrogens (tertiary/aromatic N) is 4. The van der Waals surface area contributed by atoms with Crippen LogP contribution in [0.1, 0.15) is 0 Å². The van der Waals surface area contributed by atoms with E-state index < -0.39 is 0 Å². The van der Waals surface area contributed by atoms with E-state index in [1.807, 2.05) is 0 Å². The number of hydrogen-bond acceptors (Lipinski definition) is 5. The maximum atomic E-state index is 5.79. The van der Waals surface area contributed by atoms with Gasteiger partial charge in [-0.05, 0) is 22.6 Å². The number of hydrogen-bond donors (Lipinski definition) is 1. The van der Waals surface area contributed by atoms with Crippen LogP contribution in [0.5, 0.6) is 5.75 Å². The fourth-order valence-electron chi connectivity index (χ4n) is 1.14. The maximum Gasteiger partial charge on any atom is 0.143 e. The highest BCUT2D eigenvalue weighted by molar-refractivity contribution is 5.60. The van der Waals surface area contributed by atoms with Gasteiger partial charge < -0.3 is 10.5 Å². The SMILES string of the molecule is COc1ccc(-n2cnnn2)c(N)c1. The van der Waals surface area contributed by atoms with Crippen molar-refractivity contribution in [3.63, 3.8) is 0 Å². The molecule has 1 heterocycles. The van der Waals surface area contributed by atoms with Crippen molar-refractivity contribution in [2.45, 2.75) is 0 Å². The van der Waals surface area contributed by atoms with Crippen LogP contribution in [0.25, 0.3) is 5.69 Å². The van der Waals surface area contributed by atoms with E-state index in [9.17, 15) is 0 Å². The Hall–Kier alpha value is -2.11. The molecule has 0 aliphatic rings. The molecule has 1 aromatic carbocycles. The van der Waals surface area contributed by atoms with Crippen molar-refractivity contribution in [3.8, 4) is 11.4 Å². The number of benzene rings is 1. The summed E-state index contributed by atoms with van der Waals surface area (Å²) in [5.74, 6) is 0.708. The first-order valence-corrected chi connectivity index (χ1v) is 3.98. The van der Waals surface area contributed by atoms with E-state index in [2.05, 4.69) is 15.5 Å². The minimum absolute atomic E-state index is 0.566. The Morgan fingerprint density at radius 3 is 2.86 bits per heavy atom. The molecule has 0 saturated carbocycles. The van der Waals surface area contributed by atoms with Gasteiger partial charge in [-0.2, -0.15) is 4.68 Å². The van der Waals surface area contributed by atoms with Gasteiger partial charge in [-0.3, -0.25) is 0 Å². The molecular weight excluding hydrogens is 182 g/mol. The highest BCUT2D eigenvalue weighted by atomic mass is 16.5. The van der Waals surface area contributed by atoms with Gasteiger partial charge in [0.15, 0.2) is 0 Å². The van der Waals surface area contributed by atoms with Crippen molar-refractivity contribution >= 4 is 5.69 Å². The van der Waals surface area contributed by atoms with Crippen LogP contribution in [0.3, 0.4) is 0 Å². The molecule has 0 bridgehead atoms. The first-order chi connectivity index (χ1) is 6.81. The summed E-state index contributed by atoms with van der Waals surface area (Å²) in [6, 6.07) is 5.31. The predicted molar refractivity (Wildman–Crippen MR) is 50.1 cm³/mol. The lowest BCUT2D eigenvalue weighted by Crippen LogP contribution is -2.00. The minimum atomic E-state index is 0.566.